The van der Waals surface area contributed by atoms with Gasteiger partial charge in [-0.1, -0.05) is 20.8 Å². The highest BCUT2D eigenvalue weighted by Crippen LogP contribution is 2.21. The van der Waals surface area contributed by atoms with E-state index in [0.29, 0.717) is 5.41 Å². The van der Waals surface area contributed by atoms with Gasteiger partial charge in [-0.15, -0.1) is 0 Å². The zero-order chi connectivity index (χ0) is 14.0. The summed E-state index contributed by atoms with van der Waals surface area (Å²) in [6, 6.07) is 2.05. The van der Waals surface area contributed by atoms with E-state index in [1.54, 1.807) is 0 Å². The summed E-state index contributed by atoms with van der Waals surface area (Å²) in [5.41, 5.74) is 3.63. The van der Waals surface area contributed by atoms with Gasteiger partial charge in [-0.2, -0.15) is 0 Å². The van der Waals surface area contributed by atoms with E-state index in [2.05, 4.69) is 43.8 Å². The van der Waals surface area contributed by atoms with Gasteiger partial charge in [0.1, 0.15) is 5.82 Å². The number of rotatable bonds is 2. The Morgan fingerprint density at radius 3 is 2.74 bits per heavy atom. The Bertz CT molecular complexity index is 606. The molecule has 2 N–H and O–H groups in total. The number of nitrogens with zero attached hydrogens (tertiary/aromatic N) is 2. The number of hydrogen-bond donors (Lipinski definition) is 2. The van der Waals surface area contributed by atoms with Crippen molar-refractivity contribution in [3.8, 4) is 0 Å². The lowest BCUT2D eigenvalue weighted by Gasteiger charge is -2.16. The molecule has 0 aliphatic carbocycles. The molecule has 0 aliphatic heterocycles. The summed E-state index contributed by atoms with van der Waals surface area (Å²) in [5.74, 6) is 1.07. The SMILES string of the molecule is Cc1cc[nH]n(C)cc2[nH]c(CCC(C)(C)C)nc12. The van der Waals surface area contributed by atoms with Crippen LogP contribution >= 0.6 is 0 Å². The highest BCUT2D eigenvalue weighted by Gasteiger charge is 2.12. The molecule has 0 amide bonds. The van der Waals surface area contributed by atoms with Crippen LogP contribution in [-0.2, 0) is 13.5 Å². The largest absolute Gasteiger partial charge is 0.341 e. The maximum atomic E-state index is 4.74. The Kier molecular flexibility index (Phi) is 3.69. The summed E-state index contributed by atoms with van der Waals surface area (Å²) in [7, 11) is 1.98. The van der Waals surface area contributed by atoms with Crippen molar-refractivity contribution in [2.75, 3.05) is 0 Å². The van der Waals surface area contributed by atoms with Crippen LogP contribution < -0.4 is 0 Å². The van der Waals surface area contributed by atoms with Crippen LogP contribution in [0.4, 0.5) is 0 Å². The minimum Gasteiger partial charge on any atom is -0.341 e. The molecule has 0 aromatic carbocycles. The fraction of sp³-hybridized carbons (Fsp3) is 0.533. The predicted octanol–water partition coefficient (Wildman–Crippen LogP) is 3.64. The predicted molar refractivity (Wildman–Crippen MR) is 79.6 cm³/mol. The Morgan fingerprint density at radius 1 is 1.32 bits per heavy atom. The molecule has 0 saturated heterocycles. The molecule has 0 aliphatic rings. The molecule has 2 rings (SSSR count). The number of aromatic nitrogens is 4. The summed E-state index contributed by atoms with van der Waals surface area (Å²) in [6.07, 6.45) is 6.08. The molecule has 0 saturated carbocycles. The number of hydrogen-bond acceptors (Lipinski definition) is 1. The van der Waals surface area contributed by atoms with E-state index in [1.165, 1.54) is 5.56 Å². The van der Waals surface area contributed by atoms with Crippen molar-refractivity contribution in [3.63, 3.8) is 0 Å². The zero-order valence-corrected chi connectivity index (χ0v) is 12.5. The van der Waals surface area contributed by atoms with Gasteiger partial charge in [0.15, 0.2) is 0 Å². The minimum atomic E-state index is 0.335. The number of aromatic amines is 2. The first kappa shape index (κ1) is 13.7. The van der Waals surface area contributed by atoms with Crippen LogP contribution in [0.3, 0.4) is 0 Å². The lowest BCUT2D eigenvalue weighted by Crippen LogP contribution is -2.06. The van der Waals surface area contributed by atoms with Gasteiger partial charge in [-0.05, 0) is 30.4 Å². The Hall–Kier alpha value is -1.71. The maximum Gasteiger partial charge on any atom is 0.107 e. The monoisotopic (exact) mass is 260 g/mol. The lowest BCUT2D eigenvalue weighted by molar-refractivity contribution is 0.375. The zero-order valence-electron chi connectivity index (χ0n) is 12.5. The molecule has 4 nitrogen and oxygen atoms in total. The molecular weight excluding hydrogens is 236 g/mol. The van der Waals surface area contributed by atoms with E-state index in [0.717, 1.165) is 29.7 Å². The van der Waals surface area contributed by atoms with Crippen molar-refractivity contribution in [2.45, 2.75) is 40.5 Å². The third kappa shape index (κ3) is 3.63. The molecule has 19 heavy (non-hydrogen) atoms. The Labute approximate surface area is 114 Å². The molecule has 104 valence electrons. The molecule has 0 bridgehead atoms. The fourth-order valence-electron chi connectivity index (χ4n) is 2.03. The number of nitrogens with one attached hydrogen (secondary N) is 2. The number of imidazole rings is 1. The molecule has 0 unspecified atom stereocenters. The van der Waals surface area contributed by atoms with Crippen molar-refractivity contribution < 1.29 is 0 Å². The topological polar surface area (TPSA) is 49.4 Å². The summed E-state index contributed by atoms with van der Waals surface area (Å²) >= 11 is 0. The third-order valence-corrected chi connectivity index (χ3v) is 3.20. The molecule has 0 spiro atoms. The van der Waals surface area contributed by atoms with Gasteiger partial charge in [-0.3, -0.25) is 4.68 Å². The highest BCUT2D eigenvalue weighted by atomic mass is 15.2. The molecule has 4 heteroatoms. The molecule has 0 radical (unpaired) electrons. The third-order valence-electron chi connectivity index (χ3n) is 3.20. The van der Waals surface area contributed by atoms with Crippen molar-refractivity contribution in [3.05, 3.63) is 29.8 Å². The Balaban J connectivity index is 2.42. The summed E-state index contributed by atoms with van der Waals surface area (Å²) in [4.78, 5) is 8.17. The maximum absolute atomic E-state index is 4.74. The average molecular weight is 260 g/mol. The molecule has 0 fully saturated rings. The van der Waals surface area contributed by atoms with Crippen molar-refractivity contribution in [1.82, 2.24) is 19.7 Å². The van der Waals surface area contributed by atoms with Crippen molar-refractivity contribution >= 4 is 11.0 Å². The van der Waals surface area contributed by atoms with Gasteiger partial charge in [0, 0.05) is 25.9 Å². The summed E-state index contributed by atoms with van der Waals surface area (Å²) in [6.45, 7) is 8.87. The first-order chi connectivity index (χ1) is 8.85. The van der Waals surface area contributed by atoms with Gasteiger partial charge in [-0.25, -0.2) is 4.98 Å². The van der Waals surface area contributed by atoms with E-state index in [-0.39, 0.29) is 0 Å². The van der Waals surface area contributed by atoms with Crippen LogP contribution in [0, 0.1) is 12.3 Å². The van der Waals surface area contributed by atoms with Crippen LogP contribution in [-0.4, -0.2) is 19.7 Å². The number of fused-ring (bicyclic) bond motifs is 1. The average Bonchev–Trinajstić information content (AvgIpc) is 2.66. The second-order valence-corrected chi connectivity index (χ2v) is 6.39. The molecule has 0 atom stereocenters. The molecular formula is C15H24N4. The fourth-order valence-corrected chi connectivity index (χ4v) is 2.03. The van der Waals surface area contributed by atoms with E-state index in [9.17, 15) is 0 Å². The van der Waals surface area contributed by atoms with Crippen LogP contribution in [0.15, 0.2) is 18.5 Å². The van der Waals surface area contributed by atoms with Gasteiger partial charge in [0.25, 0.3) is 0 Å². The van der Waals surface area contributed by atoms with Crippen LogP contribution in [0.25, 0.3) is 11.0 Å². The van der Waals surface area contributed by atoms with Crippen LogP contribution in [0.5, 0.6) is 0 Å². The quantitative estimate of drug-likeness (QED) is 0.851. The first-order valence-corrected chi connectivity index (χ1v) is 6.78. The number of H-pyrrole nitrogens is 2. The standard InChI is InChI=1S/C15H24N4/c1-11-7-9-16-19(5)10-12-14(11)18-13(17-12)6-8-15(2,3)4/h7,9-10,16H,6,8H2,1-5H3,(H,17,18). The van der Waals surface area contributed by atoms with Crippen molar-refractivity contribution in [1.29, 1.82) is 0 Å². The molecule has 2 aromatic heterocycles. The second-order valence-electron chi connectivity index (χ2n) is 6.39. The van der Waals surface area contributed by atoms with Gasteiger partial charge in [0.2, 0.25) is 0 Å². The van der Waals surface area contributed by atoms with E-state index < -0.39 is 0 Å². The van der Waals surface area contributed by atoms with Gasteiger partial charge >= 0.3 is 0 Å². The molecule has 2 aromatic rings. The van der Waals surface area contributed by atoms with Crippen LogP contribution in [0.1, 0.15) is 38.6 Å². The van der Waals surface area contributed by atoms with E-state index in [4.69, 9.17) is 4.98 Å². The highest BCUT2D eigenvalue weighted by molar-refractivity contribution is 5.76. The van der Waals surface area contributed by atoms with E-state index >= 15 is 0 Å². The normalized spacial score (nSPS) is 11.8. The van der Waals surface area contributed by atoms with Crippen LogP contribution in [0.2, 0.25) is 0 Å². The minimum absolute atomic E-state index is 0.335. The summed E-state index contributed by atoms with van der Waals surface area (Å²) < 4.78 is 1.92. The summed E-state index contributed by atoms with van der Waals surface area (Å²) in [5, 5.41) is 3.15. The van der Waals surface area contributed by atoms with E-state index in [1.807, 2.05) is 24.1 Å². The second kappa shape index (κ2) is 5.11. The van der Waals surface area contributed by atoms with Gasteiger partial charge < -0.3 is 10.1 Å². The smallest absolute Gasteiger partial charge is 0.107 e. The molecule has 2 heterocycles. The van der Waals surface area contributed by atoms with Crippen molar-refractivity contribution in [2.24, 2.45) is 12.5 Å². The van der Waals surface area contributed by atoms with Gasteiger partial charge in [0.05, 0.1) is 11.0 Å². The Morgan fingerprint density at radius 2 is 2.05 bits per heavy atom. The lowest BCUT2D eigenvalue weighted by atomic mass is 9.90. The first-order valence-electron chi connectivity index (χ1n) is 6.78. The number of aryl methyl sites for hydroxylation is 3.